The molecule has 4 aromatic rings. The Kier molecular flexibility index (Phi) is 8.46. The third-order valence-electron chi connectivity index (χ3n) is 6.50. The lowest BCUT2D eigenvalue weighted by atomic mass is 9.96. The van der Waals surface area contributed by atoms with Gasteiger partial charge in [-0.3, -0.25) is 19.5 Å². The Balaban J connectivity index is 1.47. The molecule has 214 valence electrons. The number of non-ortho nitro benzene ring substituents is 1. The number of benzene rings is 3. The van der Waals surface area contributed by atoms with Crippen LogP contribution in [0.2, 0.25) is 0 Å². The van der Waals surface area contributed by atoms with Crippen LogP contribution < -0.4 is 19.6 Å². The van der Waals surface area contributed by atoms with Gasteiger partial charge in [0, 0.05) is 12.1 Å². The lowest BCUT2D eigenvalue weighted by molar-refractivity contribution is -0.384. The number of nitrogens with zero attached hydrogens (tertiary/aromatic N) is 3. The van der Waals surface area contributed by atoms with E-state index in [4.69, 9.17) is 9.47 Å². The third kappa shape index (κ3) is 5.95. The van der Waals surface area contributed by atoms with Gasteiger partial charge in [-0.05, 0) is 88.9 Å². The molecule has 1 aliphatic heterocycles. The second-order valence-corrected chi connectivity index (χ2v) is 11.1. The van der Waals surface area contributed by atoms with E-state index in [0.717, 1.165) is 11.1 Å². The molecule has 0 spiro atoms. The number of nitro benzene ring substituents is 1. The van der Waals surface area contributed by atoms with Gasteiger partial charge in [0.25, 0.3) is 11.2 Å². The van der Waals surface area contributed by atoms with E-state index >= 15 is 0 Å². The van der Waals surface area contributed by atoms with Crippen LogP contribution in [0.25, 0.3) is 6.08 Å². The second-order valence-electron chi connectivity index (χ2n) is 9.26. The fraction of sp³-hybridized carbons (Fsp3) is 0.167. The van der Waals surface area contributed by atoms with Gasteiger partial charge in [-0.2, -0.15) is 0 Å². The molecule has 0 saturated heterocycles. The molecule has 1 aliphatic rings. The van der Waals surface area contributed by atoms with Crippen molar-refractivity contribution in [3.05, 3.63) is 135 Å². The quantitative estimate of drug-likeness (QED) is 0.147. The van der Waals surface area contributed by atoms with Crippen LogP contribution in [0.1, 0.15) is 36.6 Å². The van der Waals surface area contributed by atoms with Crippen LogP contribution in [0.4, 0.5) is 10.1 Å². The molecule has 9 nitrogen and oxygen atoms in total. The maximum Gasteiger partial charge on any atom is 0.338 e. The lowest BCUT2D eigenvalue weighted by Gasteiger charge is -2.24. The molecule has 0 amide bonds. The van der Waals surface area contributed by atoms with Crippen LogP contribution >= 0.6 is 27.3 Å². The molecule has 42 heavy (non-hydrogen) atoms. The summed E-state index contributed by atoms with van der Waals surface area (Å²) in [5, 5.41) is 10.9. The van der Waals surface area contributed by atoms with E-state index in [1.807, 2.05) is 0 Å². The standard InChI is InChI=1S/C30H23BrFN3O6S/c1-3-40-29(37)26-17(2)33-30-34(27(26)20-7-9-21(32)10-8-20)28(36)25(42-30)15-19-6-13-24(23(31)14-19)41-16-18-4-11-22(12-5-18)35(38)39/h4-15,27H,3,16H2,1-2H3/b25-15-/t27-/m1/s1. The monoisotopic (exact) mass is 651 g/mol. The van der Waals surface area contributed by atoms with Gasteiger partial charge in [-0.15, -0.1) is 0 Å². The van der Waals surface area contributed by atoms with Gasteiger partial charge >= 0.3 is 5.97 Å². The van der Waals surface area contributed by atoms with Crippen molar-refractivity contribution in [2.45, 2.75) is 26.5 Å². The number of ether oxygens (including phenoxy) is 2. The number of allylic oxidation sites excluding steroid dienone is 1. The van der Waals surface area contributed by atoms with Gasteiger partial charge in [-0.1, -0.05) is 29.5 Å². The number of rotatable bonds is 8. The molecule has 5 rings (SSSR count). The number of hydrogen-bond donors (Lipinski definition) is 0. The number of fused-ring (bicyclic) bond motifs is 1. The van der Waals surface area contributed by atoms with E-state index in [-0.39, 0.29) is 30.0 Å². The van der Waals surface area contributed by atoms with Crippen molar-refractivity contribution >= 4 is 45.0 Å². The zero-order chi connectivity index (χ0) is 30.0. The van der Waals surface area contributed by atoms with E-state index in [9.17, 15) is 24.1 Å². The molecule has 0 saturated carbocycles. The Morgan fingerprint density at radius 1 is 1.17 bits per heavy atom. The molecular weight excluding hydrogens is 629 g/mol. The highest BCUT2D eigenvalue weighted by molar-refractivity contribution is 9.10. The number of hydrogen-bond acceptors (Lipinski definition) is 8. The molecule has 0 aliphatic carbocycles. The summed E-state index contributed by atoms with van der Waals surface area (Å²) >= 11 is 4.69. The van der Waals surface area contributed by atoms with Crippen LogP contribution in [0.15, 0.2) is 92.3 Å². The van der Waals surface area contributed by atoms with Gasteiger partial charge in [0.05, 0.1) is 37.8 Å². The van der Waals surface area contributed by atoms with Crippen molar-refractivity contribution in [1.82, 2.24) is 4.57 Å². The molecule has 0 fully saturated rings. The minimum Gasteiger partial charge on any atom is -0.488 e. The fourth-order valence-corrected chi connectivity index (χ4v) is 6.06. The lowest BCUT2D eigenvalue weighted by Crippen LogP contribution is -2.39. The Hall–Kier alpha value is -4.42. The molecule has 0 bridgehead atoms. The molecule has 2 heterocycles. The number of aromatic nitrogens is 1. The highest BCUT2D eigenvalue weighted by Gasteiger charge is 2.33. The minimum absolute atomic E-state index is 0.00540. The maximum atomic E-state index is 13.7. The van der Waals surface area contributed by atoms with Crippen LogP contribution in [0.3, 0.4) is 0 Å². The largest absolute Gasteiger partial charge is 0.488 e. The zero-order valence-electron chi connectivity index (χ0n) is 22.4. The molecule has 1 atom stereocenters. The Morgan fingerprint density at radius 3 is 2.52 bits per heavy atom. The minimum atomic E-state index is -0.829. The molecule has 3 aromatic carbocycles. The van der Waals surface area contributed by atoms with Crippen molar-refractivity contribution in [1.29, 1.82) is 0 Å². The van der Waals surface area contributed by atoms with Gasteiger partial charge < -0.3 is 9.47 Å². The molecule has 0 N–H and O–H groups in total. The van der Waals surface area contributed by atoms with Gasteiger partial charge in [-0.25, -0.2) is 14.2 Å². The van der Waals surface area contributed by atoms with Crippen LogP contribution in [0, 0.1) is 15.9 Å². The first-order valence-corrected chi connectivity index (χ1v) is 14.4. The van der Waals surface area contributed by atoms with E-state index < -0.39 is 22.8 Å². The summed E-state index contributed by atoms with van der Waals surface area (Å²) in [6.07, 6.45) is 1.72. The molecule has 0 unspecified atom stereocenters. The predicted molar refractivity (Wildman–Crippen MR) is 158 cm³/mol. The van der Waals surface area contributed by atoms with Gasteiger partial charge in [0.2, 0.25) is 0 Å². The summed E-state index contributed by atoms with van der Waals surface area (Å²) in [6, 6.07) is 16.3. The van der Waals surface area contributed by atoms with E-state index in [1.54, 1.807) is 62.4 Å². The first kappa shape index (κ1) is 29.1. The normalized spacial score (nSPS) is 14.8. The smallest absolute Gasteiger partial charge is 0.338 e. The molecule has 1 aromatic heterocycles. The van der Waals surface area contributed by atoms with E-state index in [0.29, 0.717) is 30.8 Å². The average molecular weight is 652 g/mol. The summed E-state index contributed by atoms with van der Waals surface area (Å²) in [5.41, 5.74) is 2.34. The van der Waals surface area contributed by atoms with Crippen LogP contribution in [-0.2, 0) is 16.1 Å². The van der Waals surface area contributed by atoms with Crippen LogP contribution in [0.5, 0.6) is 5.75 Å². The number of halogens is 2. The summed E-state index contributed by atoms with van der Waals surface area (Å²) in [7, 11) is 0. The summed E-state index contributed by atoms with van der Waals surface area (Å²) in [6.45, 7) is 3.74. The van der Waals surface area contributed by atoms with Crippen molar-refractivity contribution < 1.29 is 23.6 Å². The molecule has 12 heteroatoms. The SMILES string of the molecule is CCOC(=O)C1=C(C)N=c2s/c(=C\c3ccc(OCc4ccc([N+](=O)[O-])cc4)c(Br)c3)c(=O)n2[C@@H]1c1ccc(F)cc1. The summed E-state index contributed by atoms with van der Waals surface area (Å²) in [4.78, 5) is 42.0. The number of thiazole rings is 1. The highest BCUT2D eigenvalue weighted by atomic mass is 79.9. The van der Waals surface area contributed by atoms with Crippen LogP contribution in [-0.4, -0.2) is 22.1 Å². The zero-order valence-corrected chi connectivity index (χ0v) is 24.8. The topological polar surface area (TPSA) is 113 Å². The van der Waals surface area contributed by atoms with Gasteiger partial charge in [0.15, 0.2) is 4.80 Å². The van der Waals surface area contributed by atoms with Gasteiger partial charge in [0.1, 0.15) is 18.2 Å². The van der Waals surface area contributed by atoms with E-state index in [1.165, 1.54) is 40.2 Å². The van der Waals surface area contributed by atoms with Crippen molar-refractivity contribution in [2.24, 2.45) is 4.99 Å². The highest BCUT2D eigenvalue weighted by Crippen LogP contribution is 2.31. The van der Waals surface area contributed by atoms with Crippen molar-refractivity contribution in [2.75, 3.05) is 6.61 Å². The molecule has 0 radical (unpaired) electrons. The number of carbonyl (C=O) groups is 1. The average Bonchev–Trinajstić information content (AvgIpc) is 3.26. The Bertz CT molecular complexity index is 1900. The predicted octanol–water partition coefficient (Wildman–Crippen LogP) is 5.19. The third-order valence-corrected chi connectivity index (χ3v) is 8.10. The number of carbonyl (C=O) groups excluding carboxylic acids is 1. The Morgan fingerprint density at radius 2 is 1.88 bits per heavy atom. The fourth-order valence-electron chi connectivity index (χ4n) is 4.50. The first-order chi connectivity index (χ1) is 20.2. The van der Waals surface area contributed by atoms with Crippen molar-refractivity contribution in [3.8, 4) is 5.75 Å². The van der Waals surface area contributed by atoms with E-state index in [2.05, 4.69) is 20.9 Å². The number of esters is 1. The maximum absolute atomic E-state index is 13.7. The first-order valence-electron chi connectivity index (χ1n) is 12.8. The molecular formula is C30H23BrFN3O6S. The summed E-state index contributed by atoms with van der Waals surface area (Å²) < 4.78 is 27.4. The Labute approximate surface area is 251 Å². The number of nitro groups is 1. The second kappa shape index (κ2) is 12.2. The summed E-state index contributed by atoms with van der Waals surface area (Å²) in [5.74, 6) is -0.469. The van der Waals surface area contributed by atoms with Crippen molar-refractivity contribution in [3.63, 3.8) is 0 Å².